The van der Waals surface area contributed by atoms with E-state index in [9.17, 15) is 0 Å². The van der Waals surface area contributed by atoms with Gasteiger partial charge in [-0.3, -0.25) is 0 Å². The van der Waals surface area contributed by atoms with Crippen LogP contribution < -0.4 is 0 Å². The molecule has 0 atom stereocenters. The van der Waals surface area contributed by atoms with Gasteiger partial charge in [-0.1, -0.05) is 24.3 Å². The van der Waals surface area contributed by atoms with Crippen LogP contribution in [0.2, 0.25) is 0 Å². The first-order chi connectivity index (χ1) is 6.81. The molecule has 0 saturated heterocycles. The summed E-state index contributed by atoms with van der Waals surface area (Å²) in [6, 6.07) is 10.4. The van der Waals surface area contributed by atoms with Gasteiger partial charge < -0.3 is 0 Å². The number of para-hydroxylation sites is 1. The van der Waals surface area contributed by atoms with Gasteiger partial charge in [0.05, 0.1) is 11.2 Å². The summed E-state index contributed by atoms with van der Waals surface area (Å²) >= 11 is 0. The van der Waals surface area contributed by atoms with Crippen molar-refractivity contribution in [3.05, 3.63) is 47.7 Å². The molecule has 0 N–H and O–H groups in total. The van der Waals surface area contributed by atoms with Crippen LogP contribution in [-0.4, -0.2) is 4.98 Å². The van der Waals surface area contributed by atoms with Crippen LogP contribution in [0.4, 0.5) is 0 Å². The molecule has 2 aromatic rings. The molecule has 0 aliphatic rings. The molecule has 1 aromatic heterocycles. The molecule has 14 heavy (non-hydrogen) atoms. The lowest BCUT2D eigenvalue weighted by atomic mass is 10.1. The van der Waals surface area contributed by atoms with E-state index in [1.807, 2.05) is 37.3 Å². The van der Waals surface area contributed by atoms with E-state index in [0.29, 0.717) is 0 Å². The lowest BCUT2D eigenvalue weighted by Gasteiger charge is -2.02. The fourth-order valence-corrected chi connectivity index (χ4v) is 1.56. The third-order valence-electron chi connectivity index (χ3n) is 2.28. The van der Waals surface area contributed by atoms with Gasteiger partial charge in [0, 0.05) is 5.39 Å². The minimum Gasteiger partial charge on any atom is -0.248 e. The number of aromatic nitrogens is 1. The first-order valence-electron chi connectivity index (χ1n) is 4.80. The smallest absolute Gasteiger partial charge is 0.0709 e. The van der Waals surface area contributed by atoms with Crippen molar-refractivity contribution in [1.82, 2.24) is 4.98 Å². The molecular formula is C13H13N. The van der Waals surface area contributed by atoms with Crippen LogP contribution in [0.5, 0.6) is 0 Å². The average molecular weight is 183 g/mol. The first kappa shape index (κ1) is 8.95. The maximum Gasteiger partial charge on any atom is 0.0709 e. The summed E-state index contributed by atoms with van der Waals surface area (Å²) in [4.78, 5) is 4.58. The van der Waals surface area contributed by atoms with Gasteiger partial charge in [0.2, 0.25) is 0 Å². The molecule has 1 heterocycles. The minimum atomic E-state index is 1.06. The highest BCUT2D eigenvalue weighted by Gasteiger charge is 1.98. The molecular weight excluding hydrogens is 170 g/mol. The third-order valence-corrected chi connectivity index (χ3v) is 2.28. The van der Waals surface area contributed by atoms with Gasteiger partial charge in [0.15, 0.2) is 0 Å². The molecule has 0 spiro atoms. The summed E-state index contributed by atoms with van der Waals surface area (Å²) in [5.74, 6) is 0. The highest BCUT2D eigenvalue weighted by Crippen LogP contribution is 2.16. The monoisotopic (exact) mass is 183 g/mol. The molecule has 0 aliphatic heterocycles. The molecule has 0 amide bonds. The molecule has 0 saturated carbocycles. The predicted molar refractivity (Wildman–Crippen MR) is 61.2 cm³/mol. The maximum absolute atomic E-state index is 4.58. The summed E-state index contributed by atoms with van der Waals surface area (Å²) in [6.45, 7) is 4.10. The Morgan fingerprint density at radius 1 is 1.21 bits per heavy atom. The second-order valence-electron chi connectivity index (χ2n) is 3.38. The molecule has 1 nitrogen and oxygen atoms in total. The number of benzene rings is 1. The Labute approximate surface area is 84.1 Å². The molecule has 1 heteroatoms. The summed E-state index contributed by atoms with van der Waals surface area (Å²) in [5.41, 5.74) is 3.35. The largest absolute Gasteiger partial charge is 0.248 e. The Morgan fingerprint density at radius 2 is 2.00 bits per heavy atom. The van der Waals surface area contributed by atoms with E-state index in [0.717, 1.165) is 11.2 Å². The van der Waals surface area contributed by atoms with Gasteiger partial charge in [0.25, 0.3) is 0 Å². The van der Waals surface area contributed by atoms with E-state index >= 15 is 0 Å². The number of aryl methyl sites for hydroxylation is 1. The Morgan fingerprint density at radius 3 is 2.79 bits per heavy atom. The zero-order valence-electron chi connectivity index (χ0n) is 8.49. The molecule has 0 aliphatic carbocycles. The second kappa shape index (κ2) is 3.62. The molecule has 0 bridgehead atoms. The Hall–Kier alpha value is -1.63. The van der Waals surface area contributed by atoms with Gasteiger partial charge >= 0.3 is 0 Å². The summed E-state index contributed by atoms with van der Waals surface area (Å²) in [5, 5.41) is 1.21. The van der Waals surface area contributed by atoms with Crippen LogP contribution in [0.3, 0.4) is 0 Å². The van der Waals surface area contributed by atoms with E-state index in [1.54, 1.807) is 0 Å². The van der Waals surface area contributed by atoms with Crippen molar-refractivity contribution in [2.75, 3.05) is 0 Å². The van der Waals surface area contributed by atoms with Crippen molar-refractivity contribution in [2.45, 2.75) is 13.8 Å². The standard InChI is InChI=1S/C13H13N/c1-3-6-12-10(2)9-11-7-4-5-8-13(11)14-12/h3-9H,1-2H3/b6-3+. The first-order valence-corrected chi connectivity index (χ1v) is 4.80. The predicted octanol–water partition coefficient (Wildman–Crippen LogP) is 3.58. The van der Waals surface area contributed by atoms with Gasteiger partial charge in [0.1, 0.15) is 0 Å². The lowest BCUT2D eigenvalue weighted by molar-refractivity contribution is 1.29. The fraction of sp³-hybridized carbons (Fsp3) is 0.154. The van der Waals surface area contributed by atoms with Gasteiger partial charge in [-0.05, 0) is 37.6 Å². The van der Waals surface area contributed by atoms with Crippen molar-refractivity contribution in [2.24, 2.45) is 0 Å². The van der Waals surface area contributed by atoms with Gasteiger partial charge in [-0.15, -0.1) is 0 Å². The third kappa shape index (κ3) is 1.53. The Kier molecular flexibility index (Phi) is 2.32. The molecule has 0 unspecified atom stereocenters. The van der Waals surface area contributed by atoms with Gasteiger partial charge in [-0.25, -0.2) is 4.98 Å². The zero-order chi connectivity index (χ0) is 9.97. The van der Waals surface area contributed by atoms with Crippen molar-refractivity contribution in [1.29, 1.82) is 0 Å². The van der Waals surface area contributed by atoms with Crippen LogP contribution in [0.15, 0.2) is 36.4 Å². The van der Waals surface area contributed by atoms with Crippen molar-refractivity contribution >= 4 is 17.0 Å². The quantitative estimate of drug-likeness (QED) is 0.658. The number of pyridine rings is 1. The van der Waals surface area contributed by atoms with E-state index in [-0.39, 0.29) is 0 Å². The maximum atomic E-state index is 4.58. The molecule has 70 valence electrons. The van der Waals surface area contributed by atoms with E-state index < -0.39 is 0 Å². The molecule has 1 aromatic carbocycles. The topological polar surface area (TPSA) is 12.9 Å². The number of hydrogen-bond acceptors (Lipinski definition) is 1. The molecule has 2 rings (SSSR count). The van der Waals surface area contributed by atoms with Crippen LogP contribution in [0.1, 0.15) is 18.2 Å². The Balaban J connectivity index is 2.70. The normalized spacial score (nSPS) is 11.3. The molecule has 0 fully saturated rings. The zero-order valence-corrected chi connectivity index (χ0v) is 8.49. The van der Waals surface area contributed by atoms with E-state index in [2.05, 4.69) is 24.0 Å². The van der Waals surface area contributed by atoms with E-state index in [1.165, 1.54) is 10.9 Å². The summed E-state index contributed by atoms with van der Waals surface area (Å²) < 4.78 is 0. The van der Waals surface area contributed by atoms with Crippen molar-refractivity contribution < 1.29 is 0 Å². The summed E-state index contributed by atoms with van der Waals surface area (Å²) in [7, 11) is 0. The minimum absolute atomic E-state index is 1.06. The molecule has 0 radical (unpaired) electrons. The summed E-state index contributed by atoms with van der Waals surface area (Å²) in [6.07, 6.45) is 4.06. The van der Waals surface area contributed by atoms with Gasteiger partial charge in [-0.2, -0.15) is 0 Å². The number of allylic oxidation sites excluding steroid dienone is 1. The number of rotatable bonds is 1. The lowest BCUT2D eigenvalue weighted by Crippen LogP contribution is -1.87. The highest BCUT2D eigenvalue weighted by atomic mass is 14.7. The SMILES string of the molecule is C/C=C/c1nc2ccccc2cc1C. The fourth-order valence-electron chi connectivity index (χ4n) is 1.56. The van der Waals surface area contributed by atoms with Crippen LogP contribution in [0, 0.1) is 6.92 Å². The van der Waals surface area contributed by atoms with E-state index in [4.69, 9.17) is 0 Å². The van der Waals surface area contributed by atoms with Crippen molar-refractivity contribution in [3.8, 4) is 0 Å². The van der Waals surface area contributed by atoms with Crippen molar-refractivity contribution in [3.63, 3.8) is 0 Å². The number of hydrogen-bond donors (Lipinski definition) is 0. The Bertz CT molecular complexity index is 484. The van der Waals surface area contributed by atoms with Crippen LogP contribution >= 0.6 is 0 Å². The number of nitrogens with zero attached hydrogens (tertiary/aromatic N) is 1. The average Bonchev–Trinajstić information content (AvgIpc) is 2.19. The van der Waals surface area contributed by atoms with Crippen LogP contribution in [-0.2, 0) is 0 Å². The number of fused-ring (bicyclic) bond motifs is 1. The highest BCUT2D eigenvalue weighted by molar-refractivity contribution is 5.80. The second-order valence-corrected chi connectivity index (χ2v) is 3.38. The van der Waals surface area contributed by atoms with Crippen LogP contribution in [0.25, 0.3) is 17.0 Å².